The highest BCUT2D eigenvalue weighted by Gasteiger charge is 2.22. The fraction of sp³-hybridized carbons (Fsp3) is 0.300. The summed E-state index contributed by atoms with van der Waals surface area (Å²) >= 11 is 3.29. The molecular formula is C20H20FN3OS2. The van der Waals surface area contributed by atoms with Crippen molar-refractivity contribution in [3.8, 4) is 0 Å². The number of halogens is 1. The van der Waals surface area contributed by atoms with Crippen molar-refractivity contribution in [3.63, 3.8) is 0 Å². The van der Waals surface area contributed by atoms with Gasteiger partial charge in [-0.3, -0.25) is 4.79 Å². The van der Waals surface area contributed by atoms with Crippen molar-refractivity contribution in [2.75, 3.05) is 36.8 Å². The summed E-state index contributed by atoms with van der Waals surface area (Å²) in [6, 6.07) is 14.9. The molecule has 0 saturated carbocycles. The van der Waals surface area contributed by atoms with E-state index in [0.717, 1.165) is 16.3 Å². The lowest BCUT2D eigenvalue weighted by Gasteiger charge is -2.36. The molecule has 1 aliphatic heterocycles. The quantitative estimate of drug-likeness (QED) is 0.647. The van der Waals surface area contributed by atoms with E-state index in [1.54, 1.807) is 35.2 Å². The number of anilines is 1. The second-order valence-corrected chi connectivity index (χ2v) is 8.49. The molecular weight excluding hydrogens is 381 g/mol. The zero-order valence-electron chi connectivity index (χ0n) is 14.8. The Bertz CT molecular complexity index is 905. The number of piperazine rings is 1. The molecule has 0 bridgehead atoms. The van der Waals surface area contributed by atoms with Gasteiger partial charge in [-0.2, -0.15) is 0 Å². The maximum Gasteiger partial charge on any atom is 0.232 e. The first-order chi connectivity index (χ1) is 13.2. The minimum atomic E-state index is -0.205. The van der Waals surface area contributed by atoms with E-state index in [2.05, 4.69) is 11.1 Å². The summed E-state index contributed by atoms with van der Waals surface area (Å²) in [5, 5.41) is 1.05. The maximum absolute atomic E-state index is 13.9. The second kappa shape index (κ2) is 8.27. The number of fused-ring (bicyclic) bond motifs is 1. The first kappa shape index (κ1) is 18.3. The van der Waals surface area contributed by atoms with Crippen LogP contribution in [-0.4, -0.2) is 47.7 Å². The van der Waals surface area contributed by atoms with Crippen molar-refractivity contribution < 1.29 is 9.18 Å². The molecule has 1 aromatic heterocycles. The number of hydrogen-bond donors (Lipinski definition) is 0. The predicted octanol–water partition coefficient (Wildman–Crippen LogP) is 4.02. The number of hydrogen-bond acceptors (Lipinski definition) is 5. The molecule has 0 atom stereocenters. The number of para-hydroxylation sites is 2. The maximum atomic E-state index is 13.9. The van der Waals surface area contributed by atoms with Crippen LogP contribution in [0.25, 0.3) is 10.2 Å². The van der Waals surface area contributed by atoms with E-state index < -0.39 is 0 Å². The van der Waals surface area contributed by atoms with Crippen LogP contribution in [0.2, 0.25) is 0 Å². The summed E-state index contributed by atoms with van der Waals surface area (Å²) in [5.41, 5.74) is 1.64. The van der Waals surface area contributed by atoms with Gasteiger partial charge in [-0.25, -0.2) is 9.37 Å². The van der Waals surface area contributed by atoms with Crippen molar-refractivity contribution >= 4 is 44.9 Å². The first-order valence-corrected chi connectivity index (χ1v) is 10.9. The molecule has 0 radical (unpaired) electrons. The molecule has 1 saturated heterocycles. The Labute approximate surface area is 166 Å². The SMILES string of the molecule is O=C(CSCc1nc2ccccc2s1)N1CCN(c2ccccc2F)CC1. The average molecular weight is 402 g/mol. The van der Waals surface area contributed by atoms with Gasteiger partial charge in [0.1, 0.15) is 10.8 Å². The Morgan fingerprint density at radius 2 is 1.81 bits per heavy atom. The summed E-state index contributed by atoms with van der Waals surface area (Å²) in [5.74, 6) is 1.15. The van der Waals surface area contributed by atoms with E-state index >= 15 is 0 Å². The number of aromatic nitrogens is 1. The fourth-order valence-corrected chi connectivity index (χ4v) is 5.15. The molecule has 0 N–H and O–H groups in total. The van der Waals surface area contributed by atoms with Gasteiger partial charge < -0.3 is 9.80 Å². The van der Waals surface area contributed by atoms with Crippen molar-refractivity contribution in [2.45, 2.75) is 5.75 Å². The molecule has 2 aromatic carbocycles. The van der Waals surface area contributed by atoms with Crippen LogP contribution in [0.15, 0.2) is 48.5 Å². The summed E-state index contributed by atoms with van der Waals surface area (Å²) in [6.45, 7) is 2.59. The standard InChI is InChI=1S/C20H20FN3OS2/c21-15-5-1-3-7-17(15)23-9-11-24(12-10-23)20(25)14-26-13-19-22-16-6-2-4-8-18(16)27-19/h1-8H,9-14H2. The van der Waals surface area contributed by atoms with E-state index in [9.17, 15) is 9.18 Å². The third-order valence-electron chi connectivity index (χ3n) is 4.61. The highest BCUT2D eigenvalue weighted by Crippen LogP contribution is 2.25. The molecule has 3 aromatic rings. The van der Waals surface area contributed by atoms with E-state index in [1.165, 1.54) is 10.8 Å². The first-order valence-electron chi connectivity index (χ1n) is 8.90. The number of benzene rings is 2. The van der Waals surface area contributed by atoms with Crippen LogP contribution >= 0.6 is 23.1 Å². The zero-order valence-corrected chi connectivity index (χ0v) is 16.4. The minimum Gasteiger partial charge on any atom is -0.366 e. The zero-order chi connectivity index (χ0) is 18.6. The third kappa shape index (κ3) is 4.25. The Hall–Kier alpha value is -2.12. The Kier molecular flexibility index (Phi) is 5.59. The minimum absolute atomic E-state index is 0.147. The monoisotopic (exact) mass is 401 g/mol. The molecule has 4 rings (SSSR count). The van der Waals surface area contributed by atoms with Crippen LogP contribution < -0.4 is 4.90 Å². The van der Waals surface area contributed by atoms with E-state index in [4.69, 9.17) is 0 Å². The number of thioether (sulfide) groups is 1. The lowest BCUT2D eigenvalue weighted by atomic mass is 10.2. The highest BCUT2D eigenvalue weighted by molar-refractivity contribution is 7.99. The molecule has 1 aliphatic rings. The van der Waals surface area contributed by atoms with Crippen LogP contribution in [-0.2, 0) is 10.5 Å². The molecule has 27 heavy (non-hydrogen) atoms. The number of carbonyl (C=O) groups excluding carboxylic acids is 1. The van der Waals surface area contributed by atoms with Crippen LogP contribution in [0.5, 0.6) is 0 Å². The number of amides is 1. The van der Waals surface area contributed by atoms with Crippen LogP contribution in [0, 0.1) is 5.82 Å². The Morgan fingerprint density at radius 1 is 1.07 bits per heavy atom. The van der Waals surface area contributed by atoms with E-state index in [1.807, 2.05) is 34.1 Å². The summed E-state index contributed by atoms with van der Waals surface area (Å²) in [4.78, 5) is 21.0. The van der Waals surface area contributed by atoms with Gasteiger partial charge in [0, 0.05) is 31.9 Å². The van der Waals surface area contributed by atoms with Crippen LogP contribution in [0.4, 0.5) is 10.1 Å². The van der Waals surface area contributed by atoms with Gasteiger partial charge in [0.15, 0.2) is 0 Å². The van der Waals surface area contributed by atoms with Gasteiger partial charge in [-0.1, -0.05) is 24.3 Å². The topological polar surface area (TPSA) is 36.4 Å². The fourth-order valence-electron chi connectivity index (χ4n) is 3.20. The number of rotatable bonds is 5. The number of nitrogens with zero attached hydrogens (tertiary/aromatic N) is 3. The lowest BCUT2D eigenvalue weighted by molar-refractivity contribution is -0.128. The second-order valence-electron chi connectivity index (χ2n) is 6.39. The van der Waals surface area contributed by atoms with E-state index in [-0.39, 0.29) is 11.7 Å². The van der Waals surface area contributed by atoms with Gasteiger partial charge in [0.05, 0.1) is 21.7 Å². The molecule has 1 fully saturated rings. The molecule has 2 heterocycles. The van der Waals surface area contributed by atoms with Crippen molar-refractivity contribution in [3.05, 3.63) is 59.4 Å². The highest BCUT2D eigenvalue weighted by atomic mass is 32.2. The van der Waals surface area contributed by atoms with Gasteiger partial charge >= 0.3 is 0 Å². The summed E-state index contributed by atoms with van der Waals surface area (Å²) in [7, 11) is 0. The Morgan fingerprint density at radius 3 is 2.59 bits per heavy atom. The van der Waals surface area contributed by atoms with Crippen LogP contribution in [0.3, 0.4) is 0 Å². The number of thiazole rings is 1. The molecule has 0 unspecified atom stereocenters. The van der Waals surface area contributed by atoms with Crippen molar-refractivity contribution in [1.82, 2.24) is 9.88 Å². The molecule has 7 heteroatoms. The van der Waals surface area contributed by atoms with Gasteiger partial charge in [0.2, 0.25) is 5.91 Å². The molecule has 0 aliphatic carbocycles. The van der Waals surface area contributed by atoms with E-state index in [0.29, 0.717) is 37.6 Å². The van der Waals surface area contributed by atoms with Gasteiger partial charge in [0.25, 0.3) is 0 Å². The number of carbonyl (C=O) groups is 1. The summed E-state index contributed by atoms with van der Waals surface area (Å²) < 4.78 is 15.1. The smallest absolute Gasteiger partial charge is 0.232 e. The van der Waals surface area contributed by atoms with Gasteiger partial charge in [-0.15, -0.1) is 23.1 Å². The average Bonchev–Trinajstić information content (AvgIpc) is 3.11. The normalized spacial score (nSPS) is 14.7. The van der Waals surface area contributed by atoms with Crippen molar-refractivity contribution in [1.29, 1.82) is 0 Å². The van der Waals surface area contributed by atoms with Crippen molar-refractivity contribution in [2.24, 2.45) is 0 Å². The van der Waals surface area contributed by atoms with Gasteiger partial charge in [-0.05, 0) is 24.3 Å². The summed E-state index contributed by atoms with van der Waals surface area (Å²) in [6.07, 6.45) is 0. The largest absolute Gasteiger partial charge is 0.366 e. The molecule has 140 valence electrons. The third-order valence-corrected chi connectivity index (χ3v) is 6.76. The van der Waals surface area contributed by atoms with Crippen LogP contribution in [0.1, 0.15) is 5.01 Å². The lowest BCUT2D eigenvalue weighted by Crippen LogP contribution is -2.49. The Balaban J connectivity index is 1.25. The predicted molar refractivity (Wildman–Crippen MR) is 111 cm³/mol. The molecule has 0 spiro atoms. The molecule has 4 nitrogen and oxygen atoms in total. The molecule has 1 amide bonds.